The van der Waals surface area contributed by atoms with Crippen LogP contribution in [0.1, 0.15) is 96.0 Å². The van der Waals surface area contributed by atoms with Crippen LogP contribution in [0.5, 0.6) is 0 Å². The lowest BCUT2D eigenvalue weighted by molar-refractivity contribution is -0.119. The van der Waals surface area contributed by atoms with Crippen molar-refractivity contribution in [3.05, 3.63) is 96.9 Å². The number of pyridine rings is 1. The SMILES string of the molecule is CC/C=C\C/C=C\C/C=C\C/C=C\C/C=C\CCCC(=O)CCCNCCCC(=O)C/C=C/c1cccnc1. The van der Waals surface area contributed by atoms with Gasteiger partial charge in [0.1, 0.15) is 11.6 Å². The van der Waals surface area contributed by atoms with E-state index in [9.17, 15) is 9.59 Å². The monoisotopic (exact) mass is 530 g/mol. The van der Waals surface area contributed by atoms with E-state index in [1.54, 1.807) is 12.4 Å². The molecule has 1 rings (SSSR count). The van der Waals surface area contributed by atoms with Crippen LogP contribution in [-0.4, -0.2) is 29.6 Å². The van der Waals surface area contributed by atoms with Crippen LogP contribution in [0.25, 0.3) is 6.08 Å². The van der Waals surface area contributed by atoms with E-state index in [2.05, 4.69) is 78.0 Å². The van der Waals surface area contributed by atoms with E-state index in [0.717, 1.165) is 76.4 Å². The molecule has 0 unspecified atom stereocenters. The molecule has 0 bridgehead atoms. The van der Waals surface area contributed by atoms with Gasteiger partial charge in [-0.3, -0.25) is 14.6 Å². The minimum absolute atomic E-state index is 0.250. The predicted octanol–water partition coefficient (Wildman–Crippen LogP) is 8.69. The van der Waals surface area contributed by atoms with E-state index in [0.29, 0.717) is 31.5 Å². The van der Waals surface area contributed by atoms with Gasteiger partial charge in [0.25, 0.3) is 0 Å². The molecule has 0 aliphatic heterocycles. The van der Waals surface area contributed by atoms with Crippen LogP contribution < -0.4 is 5.32 Å². The Labute approximate surface area is 237 Å². The van der Waals surface area contributed by atoms with Crippen molar-refractivity contribution in [2.45, 2.75) is 90.4 Å². The number of hydrogen-bond donors (Lipinski definition) is 1. The molecule has 1 N–H and O–H groups in total. The summed E-state index contributed by atoms with van der Waals surface area (Å²) in [6, 6.07) is 3.85. The summed E-state index contributed by atoms with van der Waals surface area (Å²) in [5.41, 5.74) is 1.01. The maximum absolute atomic E-state index is 12.1. The summed E-state index contributed by atoms with van der Waals surface area (Å²) in [4.78, 5) is 28.1. The zero-order chi connectivity index (χ0) is 28.1. The molecule has 0 aliphatic carbocycles. The summed E-state index contributed by atoms with van der Waals surface area (Å²) in [6.07, 6.45) is 40.3. The molecule has 0 aromatic carbocycles. The van der Waals surface area contributed by atoms with Gasteiger partial charge >= 0.3 is 0 Å². The Morgan fingerprint density at radius 1 is 0.718 bits per heavy atom. The molecule has 1 aromatic heterocycles. The summed E-state index contributed by atoms with van der Waals surface area (Å²) >= 11 is 0. The number of rotatable bonds is 24. The quantitative estimate of drug-likeness (QED) is 0.107. The second-order valence-corrected chi connectivity index (χ2v) is 9.53. The number of carbonyl (C=O) groups excluding carboxylic acids is 2. The number of unbranched alkanes of at least 4 members (excludes halogenated alkanes) is 1. The first kappa shape index (κ1) is 33.9. The van der Waals surface area contributed by atoms with E-state index in [1.165, 1.54) is 0 Å². The molecule has 0 amide bonds. The van der Waals surface area contributed by atoms with Gasteiger partial charge in [0, 0.05) is 38.1 Å². The highest BCUT2D eigenvalue weighted by molar-refractivity contribution is 5.80. The number of carbonyl (C=O) groups is 2. The Morgan fingerprint density at radius 2 is 1.28 bits per heavy atom. The average Bonchev–Trinajstić information content (AvgIpc) is 2.94. The first-order valence-corrected chi connectivity index (χ1v) is 14.8. The van der Waals surface area contributed by atoms with Crippen molar-refractivity contribution in [3.63, 3.8) is 0 Å². The van der Waals surface area contributed by atoms with Gasteiger partial charge in [-0.25, -0.2) is 0 Å². The summed E-state index contributed by atoms with van der Waals surface area (Å²) in [7, 11) is 0. The van der Waals surface area contributed by atoms with E-state index in [1.807, 2.05) is 24.3 Å². The first-order chi connectivity index (χ1) is 19.2. The highest BCUT2D eigenvalue weighted by Gasteiger charge is 2.02. The lowest BCUT2D eigenvalue weighted by Gasteiger charge is -2.04. The molecule has 212 valence electrons. The van der Waals surface area contributed by atoms with Gasteiger partial charge < -0.3 is 5.32 Å². The third-order valence-electron chi connectivity index (χ3n) is 5.94. The fraction of sp³-hybridized carbons (Fsp3) is 0.457. The molecule has 0 saturated heterocycles. The molecule has 4 nitrogen and oxygen atoms in total. The van der Waals surface area contributed by atoms with E-state index in [-0.39, 0.29) is 5.78 Å². The molecule has 0 aliphatic rings. The third kappa shape index (κ3) is 23.7. The van der Waals surface area contributed by atoms with Crippen molar-refractivity contribution >= 4 is 17.6 Å². The van der Waals surface area contributed by atoms with Gasteiger partial charge in [-0.1, -0.05) is 85.9 Å². The zero-order valence-corrected chi connectivity index (χ0v) is 24.1. The lowest BCUT2D eigenvalue weighted by Crippen LogP contribution is -2.18. The predicted molar refractivity (Wildman–Crippen MR) is 168 cm³/mol. The Bertz CT molecular complexity index is 923. The van der Waals surface area contributed by atoms with Crippen LogP contribution in [0.3, 0.4) is 0 Å². The Kier molecular flexibility index (Phi) is 23.0. The standard InChI is InChI=1S/C35H50N2O2/c1-2-3-4-5-6-7-8-9-10-11-12-13-14-15-16-17-18-25-34(38)27-21-29-36-30-22-28-35(39)26-19-23-33-24-20-31-37-32-33/h3-4,6-7,9-10,12-13,15-16,19-20,23-24,31-32,36H,2,5,8,11,14,17-18,21-22,25-30H2,1H3/b4-3-,7-6-,10-9-,13-12-,16-15-,23-19+. The van der Waals surface area contributed by atoms with Gasteiger partial charge in [0.15, 0.2) is 0 Å². The number of allylic oxidation sites excluding steroid dienone is 11. The van der Waals surface area contributed by atoms with E-state index < -0.39 is 0 Å². The van der Waals surface area contributed by atoms with Crippen LogP contribution >= 0.6 is 0 Å². The summed E-state index contributed by atoms with van der Waals surface area (Å²) in [5.74, 6) is 0.597. The number of Topliss-reactive ketones (excluding diaryl/α,β-unsaturated/α-hetero) is 2. The van der Waals surface area contributed by atoms with Crippen molar-refractivity contribution in [1.82, 2.24) is 10.3 Å². The fourth-order valence-electron chi connectivity index (χ4n) is 3.76. The normalized spacial score (nSPS) is 12.4. The Morgan fingerprint density at radius 3 is 1.87 bits per heavy atom. The van der Waals surface area contributed by atoms with Gasteiger partial charge in [0.2, 0.25) is 0 Å². The minimum atomic E-state index is 0.250. The van der Waals surface area contributed by atoms with Crippen LogP contribution in [0.4, 0.5) is 0 Å². The molecule has 0 fully saturated rings. The molecule has 39 heavy (non-hydrogen) atoms. The largest absolute Gasteiger partial charge is 0.317 e. The number of hydrogen-bond acceptors (Lipinski definition) is 4. The Hall–Kier alpha value is -3.11. The van der Waals surface area contributed by atoms with E-state index in [4.69, 9.17) is 0 Å². The molecular formula is C35H50N2O2. The van der Waals surface area contributed by atoms with Crippen molar-refractivity contribution in [2.75, 3.05) is 13.1 Å². The van der Waals surface area contributed by atoms with Crippen molar-refractivity contribution in [2.24, 2.45) is 0 Å². The topological polar surface area (TPSA) is 59.1 Å². The summed E-state index contributed by atoms with van der Waals surface area (Å²) in [5, 5.41) is 3.35. The lowest BCUT2D eigenvalue weighted by atomic mass is 10.1. The number of nitrogens with zero attached hydrogens (tertiary/aromatic N) is 1. The highest BCUT2D eigenvalue weighted by Crippen LogP contribution is 2.04. The van der Waals surface area contributed by atoms with Crippen molar-refractivity contribution < 1.29 is 9.59 Å². The first-order valence-electron chi connectivity index (χ1n) is 14.8. The minimum Gasteiger partial charge on any atom is -0.317 e. The van der Waals surface area contributed by atoms with Crippen LogP contribution in [-0.2, 0) is 9.59 Å². The molecular weight excluding hydrogens is 480 g/mol. The Balaban J connectivity index is 1.89. The number of ketones is 2. The molecule has 0 saturated carbocycles. The highest BCUT2D eigenvalue weighted by atomic mass is 16.1. The second kappa shape index (κ2) is 26.5. The van der Waals surface area contributed by atoms with Gasteiger partial charge in [-0.15, -0.1) is 0 Å². The fourth-order valence-corrected chi connectivity index (χ4v) is 3.76. The number of aromatic nitrogens is 1. The smallest absolute Gasteiger partial charge is 0.136 e. The third-order valence-corrected chi connectivity index (χ3v) is 5.94. The maximum Gasteiger partial charge on any atom is 0.136 e. The number of nitrogens with one attached hydrogen (secondary N) is 1. The van der Waals surface area contributed by atoms with Crippen LogP contribution in [0.2, 0.25) is 0 Å². The molecule has 4 heteroatoms. The molecule has 0 atom stereocenters. The molecule has 0 spiro atoms. The average molecular weight is 531 g/mol. The summed E-state index contributed by atoms with van der Waals surface area (Å²) in [6.45, 7) is 3.80. The zero-order valence-electron chi connectivity index (χ0n) is 24.1. The van der Waals surface area contributed by atoms with Crippen LogP contribution in [0, 0.1) is 0 Å². The second-order valence-electron chi connectivity index (χ2n) is 9.53. The molecule has 0 radical (unpaired) electrons. The molecule has 1 heterocycles. The van der Waals surface area contributed by atoms with Crippen molar-refractivity contribution in [3.8, 4) is 0 Å². The van der Waals surface area contributed by atoms with Crippen LogP contribution in [0.15, 0.2) is 91.4 Å². The van der Waals surface area contributed by atoms with Crippen molar-refractivity contribution in [1.29, 1.82) is 0 Å². The maximum atomic E-state index is 12.1. The summed E-state index contributed by atoms with van der Waals surface area (Å²) < 4.78 is 0. The molecule has 1 aromatic rings. The van der Waals surface area contributed by atoms with Gasteiger partial charge in [-0.05, 0) is 82.5 Å². The van der Waals surface area contributed by atoms with E-state index >= 15 is 0 Å². The van der Waals surface area contributed by atoms with Gasteiger partial charge in [0.05, 0.1) is 0 Å². The van der Waals surface area contributed by atoms with Gasteiger partial charge in [-0.2, -0.15) is 0 Å².